The first-order chi connectivity index (χ1) is 20.3. The summed E-state index contributed by atoms with van der Waals surface area (Å²) in [5, 5.41) is 101. The second kappa shape index (κ2) is 10.9. The number of aliphatic hydroxyl groups excluding tert-OH is 3. The number of carbonyl (C=O) groups is 1. The molecule has 226 valence electrons. The summed E-state index contributed by atoms with van der Waals surface area (Å²) in [5.74, 6) is -6.51. The fourth-order valence-corrected chi connectivity index (χ4v) is 4.79. The third-order valence-corrected chi connectivity index (χ3v) is 6.97. The number of aliphatic hydroxyl groups is 3. The van der Waals surface area contributed by atoms with Gasteiger partial charge in [-0.2, -0.15) is 0 Å². The molecule has 15 nitrogen and oxygen atoms in total. The van der Waals surface area contributed by atoms with Crippen molar-refractivity contribution in [3.63, 3.8) is 0 Å². The van der Waals surface area contributed by atoms with E-state index >= 15 is 0 Å². The summed E-state index contributed by atoms with van der Waals surface area (Å²) in [6.07, 6.45) is -9.12. The van der Waals surface area contributed by atoms with Gasteiger partial charge >= 0.3 is 5.97 Å². The van der Waals surface area contributed by atoms with Crippen molar-refractivity contribution in [1.29, 1.82) is 0 Å². The summed E-state index contributed by atoms with van der Waals surface area (Å²) >= 11 is 0. The van der Waals surface area contributed by atoms with Crippen molar-refractivity contribution in [3.05, 3.63) is 63.8 Å². The normalized spacial score (nSPS) is 22.0. The van der Waals surface area contributed by atoms with E-state index in [1.54, 1.807) is 0 Å². The lowest BCUT2D eigenvalue weighted by molar-refractivity contribution is -0.232. The molecule has 1 saturated heterocycles. The lowest BCUT2D eigenvalue weighted by Gasteiger charge is -2.42. The zero-order valence-electron chi connectivity index (χ0n) is 21.6. The Hall–Kier alpha value is -5.22. The highest BCUT2D eigenvalue weighted by molar-refractivity contribution is 5.91. The Morgan fingerprint density at radius 3 is 2.09 bits per heavy atom. The van der Waals surface area contributed by atoms with Crippen molar-refractivity contribution in [2.45, 2.75) is 30.5 Å². The first-order valence-corrected chi connectivity index (χ1v) is 12.5. The number of aromatic hydroxyl groups is 7. The van der Waals surface area contributed by atoms with Crippen LogP contribution in [0.4, 0.5) is 0 Å². The molecule has 2 heterocycles. The van der Waals surface area contributed by atoms with Crippen LogP contribution in [0.25, 0.3) is 22.3 Å². The molecule has 43 heavy (non-hydrogen) atoms. The molecule has 0 aliphatic carbocycles. The number of ether oxygens (including phenoxy) is 2. The summed E-state index contributed by atoms with van der Waals surface area (Å²) < 4.78 is 16.4. The van der Waals surface area contributed by atoms with E-state index in [4.69, 9.17) is 13.9 Å². The van der Waals surface area contributed by atoms with Gasteiger partial charge in [-0.3, -0.25) is 4.79 Å². The molecule has 1 aromatic heterocycles. The van der Waals surface area contributed by atoms with Gasteiger partial charge in [0.25, 0.3) is 0 Å². The van der Waals surface area contributed by atoms with E-state index in [2.05, 4.69) is 0 Å². The minimum atomic E-state index is -2.03. The fourth-order valence-electron chi connectivity index (χ4n) is 4.79. The summed E-state index contributed by atoms with van der Waals surface area (Å²) in [5.41, 5.74) is -1.98. The van der Waals surface area contributed by atoms with Crippen molar-refractivity contribution in [1.82, 2.24) is 0 Å². The van der Waals surface area contributed by atoms with Crippen molar-refractivity contribution in [2.24, 2.45) is 0 Å². The molecule has 0 spiro atoms. The van der Waals surface area contributed by atoms with E-state index in [0.29, 0.717) is 0 Å². The highest BCUT2D eigenvalue weighted by atomic mass is 16.6. The van der Waals surface area contributed by atoms with Crippen LogP contribution in [0, 0.1) is 0 Å². The average Bonchev–Trinajstić information content (AvgIpc) is 2.95. The van der Waals surface area contributed by atoms with Gasteiger partial charge in [0, 0.05) is 17.7 Å². The molecule has 1 aliphatic heterocycles. The van der Waals surface area contributed by atoms with Gasteiger partial charge in [0.1, 0.15) is 52.6 Å². The Labute approximate surface area is 239 Å². The van der Waals surface area contributed by atoms with E-state index in [1.807, 2.05) is 0 Å². The molecule has 3 aromatic carbocycles. The minimum absolute atomic E-state index is 0.0935. The molecule has 1 aliphatic rings. The molecule has 0 bridgehead atoms. The van der Waals surface area contributed by atoms with E-state index in [9.17, 15) is 60.7 Å². The monoisotopic (exact) mass is 600 g/mol. The van der Waals surface area contributed by atoms with Gasteiger partial charge in [-0.25, -0.2) is 4.79 Å². The van der Waals surface area contributed by atoms with Gasteiger partial charge in [-0.15, -0.1) is 0 Å². The molecule has 5 atom stereocenters. The molecule has 5 unspecified atom stereocenters. The summed E-state index contributed by atoms with van der Waals surface area (Å²) in [6.45, 7) is -0.912. The van der Waals surface area contributed by atoms with Crippen molar-refractivity contribution < 1.29 is 69.8 Å². The predicted octanol–water partition coefficient (Wildman–Crippen LogP) is 0.779. The van der Waals surface area contributed by atoms with Gasteiger partial charge in [0.2, 0.25) is 0 Å². The molecule has 10 N–H and O–H groups in total. The van der Waals surface area contributed by atoms with E-state index in [1.165, 1.54) is 6.07 Å². The summed E-state index contributed by atoms with van der Waals surface area (Å²) in [6, 6.07) is 7.02. The highest BCUT2D eigenvalue weighted by Gasteiger charge is 2.49. The standard InChI is InChI=1S/C28H24O15/c29-8-19-26(43-28(40)10-4-15(34)22(36)16(35)5-10)24(38)25(39)27(42-19)21-14(33)7-18-20(23(21)37)13(32)6-17(41-18)9-1-2-11(30)12(31)3-9/h1-7,19,24-27,29-31,33-39H,8H2. The largest absolute Gasteiger partial charge is 0.507 e. The van der Waals surface area contributed by atoms with Gasteiger partial charge in [0.15, 0.2) is 40.3 Å². The lowest BCUT2D eigenvalue weighted by Crippen LogP contribution is -2.57. The van der Waals surface area contributed by atoms with Crippen LogP contribution in [0.1, 0.15) is 22.0 Å². The molecule has 15 heteroatoms. The van der Waals surface area contributed by atoms with Crippen LogP contribution in [-0.4, -0.2) is 88.1 Å². The molecule has 0 saturated carbocycles. The number of esters is 1. The molecular formula is C28H24O15. The number of hydrogen-bond acceptors (Lipinski definition) is 15. The predicted molar refractivity (Wildman–Crippen MR) is 142 cm³/mol. The Balaban J connectivity index is 1.48. The number of phenols is 7. The summed E-state index contributed by atoms with van der Waals surface area (Å²) in [4.78, 5) is 25.7. The lowest BCUT2D eigenvalue weighted by atomic mass is 9.89. The van der Waals surface area contributed by atoms with Gasteiger partial charge in [0.05, 0.1) is 17.7 Å². The molecule has 0 amide bonds. The molecule has 1 fully saturated rings. The quantitative estimate of drug-likeness (QED) is 0.112. The van der Waals surface area contributed by atoms with Crippen molar-refractivity contribution >= 4 is 16.9 Å². The fraction of sp³-hybridized carbons (Fsp3) is 0.214. The van der Waals surface area contributed by atoms with E-state index in [-0.39, 0.29) is 16.9 Å². The van der Waals surface area contributed by atoms with Crippen LogP contribution in [-0.2, 0) is 9.47 Å². The maximum atomic E-state index is 13.0. The van der Waals surface area contributed by atoms with Crippen molar-refractivity contribution in [3.8, 4) is 51.6 Å². The maximum absolute atomic E-state index is 13.0. The zero-order chi connectivity index (χ0) is 31.3. The van der Waals surface area contributed by atoms with Gasteiger partial charge in [-0.1, -0.05) is 0 Å². The average molecular weight is 600 g/mol. The maximum Gasteiger partial charge on any atom is 0.338 e. The Morgan fingerprint density at radius 2 is 1.47 bits per heavy atom. The Morgan fingerprint density at radius 1 is 0.791 bits per heavy atom. The first kappa shape index (κ1) is 29.3. The smallest absolute Gasteiger partial charge is 0.338 e. The number of hydrogen-bond donors (Lipinski definition) is 10. The van der Waals surface area contributed by atoms with Crippen LogP contribution < -0.4 is 5.43 Å². The second-order valence-corrected chi connectivity index (χ2v) is 9.70. The number of fused-ring (bicyclic) bond motifs is 1. The van der Waals surface area contributed by atoms with Crippen LogP contribution >= 0.6 is 0 Å². The van der Waals surface area contributed by atoms with Crippen LogP contribution in [0.15, 0.2) is 51.7 Å². The van der Waals surface area contributed by atoms with Gasteiger partial charge in [-0.05, 0) is 30.3 Å². The molecular weight excluding hydrogens is 576 g/mol. The highest BCUT2D eigenvalue weighted by Crippen LogP contribution is 2.45. The van der Waals surface area contributed by atoms with E-state index in [0.717, 1.165) is 36.4 Å². The molecule has 0 radical (unpaired) electrons. The number of phenolic OH excluding ortho intramolecular Hbond substituents is 7. The Bertz CT molecular complexity index is 1770. The van der Waals surface area contributed by atoms with Crippen molar-refractivity contribution in [2.75, 3.05) is 6.61 Å². The van der Waals surface area contributed by atoms with Crippen LogP contribution in [0.2, 0.25) is 0 Å². The molecule has 5 rings (SSSR count). The van der Waals surface area contributed by atoms with Gasteiger partial charge < -0.3 is 65.0 Å². The second-order valence-electron chi connectivity index (χ2n) is 9.70. The minimum Gasteiger partial charge on any atom is -0.507 e. The SMILES string of the molecule is O=C(OC1C(CO)OC(c2c(O)cc3oc(-c4ccc(O)c(O)c4)cc(=O)c3c2O)C(O)C1O)c1cc(O)c(O)c(O)c1. The first-order valence-electron chi connectivity index (χ1n) is 12.5. The third-order valence-electron chi connectivity index (χ3n) is 6.97. The zero-order valence-corrected chi connectivity index (χ0v) is 21.6. The molecule has 4 aromatic rings. The Kier molecular flexibility index (Phi) is 7.41. The third kappa shape index (κ3) is 5.06. The van der Waals surface area contributed by atoms with E-state index < -0.39 is 105 Å². The van der Waals surface area contributed by atoms with Crippen LogP contribution in [0.3, 0.4) is 0 Å². The number of benzene rings is 3. The topological polar surface area (TPSA) is 268 Å². The number of carbonyl (C=O) groups excluding carboxylic acids is 1. The summed E-state index contributed by atoms with van der Waals surface area (Å²) in [7, 11) is 0. The van der Waals surface area contributed by atoms with Crippen LogP contribution in [0.5, 0.6) is 40.2 Å². The number of rotatable bonds is 5.